The van der Waals surface area contributed by atoms with E-state index in [0.717, 1.165) is 0 Å². The molecule has 0 amide bonds. The third kappa shape index (κ3) is 4.71. The van der Waals surface area contributed by atoms with Gasteiger partial charge in [-0.15, -0.1) is 0 Å². The van der Waals surface area contributed by atoms with Crippen LogP contribution >= 0.6 is 0 Å². The molecule has 0 heterocycles. The van der Waals surface area contributed by atoms with Gasteiger partial charge in [0.15, 0.2) is 0 Å². The number of hydrogen-bond acceptors (Lipinski definition) is 0. The summed E-state index contributed by atoms with van der Waals surface area (Å²) in [6, 6.07) is 0. The van der Waals surface area contributed by atoms with E-state index in [1.54, 1.807) is 0 Å². The Labute approximate surface area is 72.5 Å². The maximum absolute atomic E-state index is 2.27. The van der Waals surface area contributed by atoms with Crippen LogP contribution in [0.4, 0.5) is 0 Å². The van der Waals surface area contributed by atoms with Crippen molar-refractivity contribution in [3.8, 4) is 0 Å². The summed E-state index contributed by atoms with van der Waals surface area (Å²) in [5.41, 5.74) is 0. The largest absolute Gasteiger partial charge is 0.0882 e. The molecule has 9 heavy (non-hydrogen) atoms. The Morgan fingerprint density at radius 1 is 0.556 bits per heavy atom. The van der Waals surface area contributed by atoms with E-state index in [-0.39, 0.29) is 22.4 Å². The van der Waals surface area contributed by atoms with E-state index in [2.05, 4.69) is 24.3 Å². The van der Waals surface area contributed by atoms with Crippen LogP contribution in [0.5, 0.6) is 0 Å². The maximum Gasteiger partial charge on any atom is 0 e. The van der Waals surface area contributed by atoms with E-state index in [1.165, 1.54) is 25.7 Å². The van der Waals surface area contributed by atoms with E-state index in [0.29, 0.717) is 0 Å². The molecular weight excluding hydrogens is 204 g/mol. The van der Waals surface area contributed by atoms with Crippen LogP contribution in [0, 0.1) is 0 Å². The second kappa shape index (κ2) is 6.34. The Morgan fingerprint density at radius 2 is 0.778 bits per heavy atom. The van der Waals surface area contributed by atoms with Gasteiger partial charge in [-0.3, -0.25) is 0 Å². The normalized spacial score (nSPS) is 21.3. The van der Waals surface area contributed by atoms with Crippen LogP contribution in [0.2, 0.25) is 0 Å². The van der Waals surface area contributed by atoms with Crippen molar-refractivity contribution < 1.29 is 22.4 Å². The first-order valence-electron chi connectivity index (χ1n) is 3.30. The van der Waals surface area contributed by atoms with Crippen LogP contribution in [-0.4, -0.2) is 0 Å². The zero-order valence-electron chi connectivity index (χ0n) is 5.44. The van der Waals surface area contributed by atoms with Crippen molar-refractivity contribution in [2.75, 3.05) is 0 Å². The molecule has 0 unspecified atom stereocenters. The number of hydrogen-bond donors (Lipinski definition) is 0. The van der Waals surface area contributed by atoms with Gasteiger partial charge in [0, 0.05) is 22.4 Å². The van der Waals surface area contributed by atoms with E-state index < -0.39 is 0 Å². The van der Waals surface area contributed by atoms with Gasteiger partial charge in [-0.05, 0) is 25.7 Å². The predicted molar refractivity (Wildman–Crippen MR) is 36.7 cm³/mol. The number of allylic oxidation sites excluding steroid dienone is 4. The van der Waals surface area contributed by atoms with Crippen molar-refractivity contribution in [1.82, 2.24) is 0 Å². The van der Waals surface area contributed by atoms with Gasteiger partial charge in [0.25, 0.3) is 0 Å². The van der Waals surface area contributed by atoms with E-state index >= 15 is 0 Å². The van der Waals surface area contributed by atoms with E-state index in [4.69, 9.17) is 0 Å². The van der Waals surface area contributed by atoms with Gasteiger partial charge in [0.05, 0.1) is 0 Å². The first-order valence-corrected chi connectivity index (χ1v) is 3.30. The standard InChI is InChI=1S/C8H12.Ag/c1-2-4-6-8-7-5-3-1;/h1-2,7-8H,3-6H2;/b2-1-,8-7?;. The Balaban J connectivity index is 0.000000640. The molecule has 0 saturated carbocycles. The molecule has 0 aromatic heterocycles. The van der Waals surface area contributed by atoms with Crippen molar-refractivity contribution in [2.24, 2.45) is 0 Å². The van der Waals surface area contributed by atoms with Gasteiger partial charge in [0.2, 0.25) is 0 Å². The zero-order valence-corrected chi connectivity index (χ0v) is 6.92. The summed E-state index contributed by atoms with van der Waals surface area (Å²) in [6.45, 7) is 0. The molecule has 0 N–H and O–H groups in total. The summed E-state index contributed by atoms with van der Waals surface area (Å²) in [4.78, 5) is 0. The summed E-state index contributed by atoms with van der Waals surface area (Å²) in [5.74, 6) is 0. The molecule has 55 valence electrons. The molecule has 1 aliphatic rings. The minimum atomic E-state index is 0. The predicted octanol–water partition coefficient (Wildman–Crippen LogP) is 2.67. The molecular formula is C8H12Ag. The Kier molecular flexibility index (Phi) is 6.50. The van der Waals surface area contributed by atoms with Gasteiger partial charge in [0.1, 0.15) is 0 Å². The minimum Gasteiger partial charge on any atom is -0.0882 e. The molecule has 0 spiro atoms. The Morgan fingerprint density at radius 3 is 1.00 bits per heavy atom. The van der Waals surface area contributed by atoms with Gasteiger partial charge >= 0.3 is 0 Å². The average molecular weight is 216 g/mol. The van der Waals surface area contributed by atoms with E-state index in [9.17, 15) is 0 Å². The first-order chi connectivity index (χ1) is 4.00. The monoisotopic (exact) mass is 215 g/mol. The van der Waals surface area contributed by atoms with Crippen LogP contribution in [0.25, 0.3) is 0 Å². The van der Waals surface area contributed by atoms with Crippen LogP contribution in [0.15, 0.2) is 24.3 Å². The number of rotatable bonds is 0. The van der Waals surface area contributed by atoms with E-state index in [1.807, 2.05) is 0 Å². The first kappa shape index (κ1) is 9.22. The second-order valence-electron chi connectivity index (χ2n) is 2.10. The molecule has 0 aromatic rings. The third-order valence-electron chi connectivity index (χ3n) is 1.33. The van der Waals surface area contributed by atoms with Crippen molar-refractivity contribution in [3.63, 3.8) is 0 Å². The van der Waals surface area contributed by atoms with Crippen LogP contribution < -0.4 is 0 Å². The van der Waals surface area contributed by atoms with Gasteiger partial charge in [-0.2, -0.15) is 0 Å². The smallest absolute Gasteiger partial charge is 0 e. The maximum atomic E-state index is 2.27. The molecule has 0 saturated heterocycles. The molecule has 0 atom stereocenters. The zero-order chi connectivity index (χ0) is 5.66. The second-order valence-corrected chi connectivity index (χ2v) is 2.10. The van der Waals surface area contributed by atoms with Gasteiger partial charge in [-0.25, -0.2) is 0 Å². The summed E-state index contributed by atoms with van der Waals surface area (Å²) in [5, 5.41) is 0. The van der Waals surface area contributed by atoms with Gasteiger partial charge in [-0.1, -0.05) is 24.3 Å². The molecule has 0 aliphatic heterocycles. The van der Waals surface area contributed by atoms with Crippen LogP contribution in [0.3, 0.4) is 0 Å². The fourth-order valence-corrected chi connectivity index (χ4v) is 0.856. The topological polar surface area (TPSA) is 0 Å². The molecule has 0 bridgehead atoms. The van der Waals surface area contributed by atoms with Crippen molar-refractivity contribution >= 4 is 0 Å². The Hall–Kier alpha value is 0.220. The minimum absolute atomic E-state index is 0. The Bertz CT molecular complexity index is 77.1. The molecule has 0 fully saturated rings. The van der Waals surface area contributed by atoms with Crippen LogP contribution in [-0.2, 0) is 22.4 Å². The summed E-state index contributed by atoms with van der Waals surface area (Å²) < 4.78 is 0. The summed E-state index contributed by atoms with van der Waals surface area (Å²) >= 11 is 0. The molecule has 1 rings (SSSR count). The molecule has 1 aliphatic carbocycles. The molecule has 1 heteroatoms. The fourth-order valence-electron chi connectivity index (χ4n) is 0.856. The average Bonchev–Trinajstić information content (AvgIpc) is 1.62. The van der Waals surface area contributed by atoms with Crippen molar-refractivity contribution in [1.29, 1.82) is 0 Å². The van der Waals surface area contributed by atoms with Crippen molar-refractivity contribution in [2.45, 2.75) is 25.7 Å². The third-order valence-corrected chi connectivity index (χ3v) is 1.33. The SMILES string of the molecule is C1=CCC/C=C\CC1.[Ag]. The quantitative estimate of drug-likeness (QED) is 0.431. The molecule has 1 radical (unpaired) electrons. The van der Waals surface area contributed by atoms with Gasteiger partial charge < -0.3 is 0 Å². The summed E-state index contributed by atoms with van der Waals surface area (Å²) in [6.07, 6.45) is 14.0. The fraction of sp³-hybridized carbons (Fsp3) is 0.500. The summed E-state index contributed by atoms with van der Waals surface area (Å²) in [7, 11) is 0. The molecule has 0 aromatic carbocycles. The van der Waals surface area contributed by atoms with Crippen LogP contribution in [0.1, 0.15) is 25.7 Å². The molecule has 0 nitrogen and oxygen atoms in total. The van der Waals surface area contributed by atoms with Crippen molar-refractivity contribution in [3.05, 3.63) is 24.3 Å².